The highest BCUT2D eigenvalue weighted by Crippen LogP contribution is 2.37. The molecular weight excluding hydrogens is 420 g/mol. The largest absolute Gasteiger partial charge is 0.326 e. The quantitative estimate of drug-likeness (QED) is 0.717. The standard InChI is InChI=1S/C22H26N2O4S2/c1-12-8-13(2)21(14(3)9-12)24-20(25)10-15(4)30(27,28)17-6-7-19-18(11-17)23-22(26)16(5)29-19/h6-9,11,15-16H,10H2,1-5H3,(H,23,26)(H,24,25). The first-order valence-electron chi connectivity index (χ1n) is 9.72. The van der Waals surface area contributed by atoms with Gasteiger partial charge < -0.3 is 10.6 Å². The number of anilines is 2. The molecule has 2 unspecified atom stereocenters. The van der Waals surface area contributed by atoms with Gasteiger partial charge >= 0.3 is 0 Å². The van der Waals surface area contributed by atoms with Crippen molar-refractivity contribution in [3.63, 3.8) is 0 Å². The highest BCUT2D eigenvalue weighted by molar-refractivity contribution is 8.01. The van der Waals surface area contributed by atoms with Gasteiger partial charge in [-0.15, -0.1) is 11.8 Å². The van der Waals surface area contributed by atoms with Gasteiger partial charge in [0.15, 0.2) is 9.84 Å². The van der Waals surface area contributed by atoms with Gasteiger partial charge in [-0.25, -0.2) is 8.42 Å². The molecule has 6 nitrogen and oxygen atoms in total. The first-order valence-corrected chi connectivity index (χ1v) is 12.1. The molecule has 0 radical (unpaired) electrons. The summed E-state index contributed by atoms with van der Waals surface area (Å²) in [6.45, 7) is 9.14. The number of sulfone groups is 1. The van der Waals surface area contributed by atoms with Crippen molar-refractivity contribution in [1.29, 1.82) is 0 Å². The summed E-state index contributed by atoms with van der Waals surface area (Å²) in [5.41, 5.74) is 4.19. The predicted molar refractivity (Wildman–Crippen MR) is 121 cm³/mol. The zero-order chi connectivity index (χ0) is 22.2. The van der Waals surface area contributed by atoms with Crippen LogP contribution in [0.25, 0.3) is 0 Å². The van der Waals surface area contributed by atoms with Crippen molar-refractivity contribution in [2.24, 2.45) is 0 Å². The van der Waals surface area contributed by atoms with E-state index in [1.165, 1.54) is 30.8 Å². The first-order chi connectivity index (χ1) is 14.0. The van der Waals surface area contributed by atoms with Gasteiger partial charge in [-0.3, -0.25) is 9.59 Å². The normalized spacial score (nSPS) is 17.1. The molecule has 0 bridgehead atoms. The summed E-state index contributed by atoms with van der Waals surface area (Å²) in [6.07, 6.45) is -0.162. The van der Waals surface area contributed by atoms with Crippen LogP contribution in [0.3, 0.4) is 0 Å². The van der Waals surface area contributed by atoms with Crippen LogP contribution in [0.4, 0.5) is 11.4 Å². The van der Waals surface area contributed by atoms with Crippen LogP contribution < -0.4 is 10.6 Å². The fourth-order valence-electron chi connectivity index (χ4n) is 3.54. The Morgan fingerprint density at radius 1 is 1.17 bits per heavy atom. The number of benzene rings is 2. The molecule has 30 heavy (non-hydrogen) atoms. The minimum atomic E-state index is -3.74. The molecular formula is C22H26N2O4S2. The van der Waals surface area contributed by atoms with E-state index in [2.05, 4.69) is 10.6 Å². The van der Waals surface area contributed by atoms with Gasteiger partial charge in [0.05, 0.1) is 21.1 Å². The number of nitrogens with one attached hydrogen (secondary N) is 2. The molecule has 0 aliphatic carbocycles. The number of hydrogen-bond donors (Lipinski definition) is 2. The fourth-order valence-corrected chi connectivity index (χ4v) is 5.84. The van der Waals surface area contributed by atoms with Gasteiger partial charge in [0, 0.05) is 17.0 Å². The summed E-state index contributed by atoms with van der Waals surface area (Å²) >= 11 is 1.39. The van der Waals surface area contributed by atoms with Crippen LogP contribution in [0.2, 0.25) is 0 Å². The first kappa shape index (κ1) is 22.4. The van der Waals surface area contributed by atoms with Crippen molar-refractivity contribution in [2.45, 2.75) is 61.3 Å². The number of carbonyl (C=O) groups excluding carboxylic acids is 2. The summed E-state index contributed by atoms with van der Waals surface area (Å²) < 4.78 is 26.1. The lowest BCUT2D eigenvalue weighted by Gasteiger charge is -2.22. The molecule has 1 aliphatic heterocycles. The average molecular weight is 447 g/mol. The van der Waals surface area contributed by atoms with E-state index < -0.39 is 15.1 Å². The molecule has 0 saturated heterocycles. The van der Waals surface area contributed by atoms with Gasteiger partial charge in [-0.05, 0) is 63.9 Å². The van der Waals surface area contributed by atoms with Gasteiger partial charge in [0.2, 0.25) is 11.8 Å². The molecule has 2 atom stereocenters. The van der Waals surface area contributed by atoms with Crippen LogP contribution in [0.15, 0.2) is 40.1 Å². The van der Waals surface area contributed by atoms with Crippen molar-refractivity contribution in [3.05, 3.63) is 47.0 Å². The van der Waals surface area contributed by atoms with Crippen molar-refractivity contribution in [3.8, 4) is 0 Å². The molecule has 3 rings (SSSR count). The molecule has 0 fully saturated rings. The van der Waals surface area contributed by atoms with Gasteiger partial charge in [-0.2, -0.15) is 0 Å². The Balaban J connectivity index is 1.76. The molecule has 2 aromatic rings. The van der Waals surface area contributed by atoms with Crippen molar-refractivity contribution >= 4 is 44.8 Å². The van der Waals surface area contributed by atoms with Crippen LogP contribution in [0.1, 0.15) is 37.0 Å². The number of carbonyl (C=O) groups is 2. The lowest BCUT2D eigenvalue weighted by Crippen LogP contribution is -2.28. The molecule has 1 heterocycles. The van der Waals surface area contributed by atoms with Crippen LogP contribution in [-0.4, -0.2) is 30.7 Å². The SMILES string of the molecule is Cc1cc(C)c(NC(=O)CC(C)S(=O)(=O)c2ccc3c(c2)NC(=O)C(C)S3)c(C)c1. The van der Waals surface area contributed by atoms with Crippen LogP contribution in [-0.2, 0) is 19.4 Å². The third-order valence-electron chi connectivity index (χ3n) is 5.15. The van der Waals surface area contributed by atoms with Crippen LogP contribution in [0, 0.1) is 20.8 Å². The minimum absolute atomic E-state index is 0.0969. The van der Waals surface area contributed by atoms with E-state index in [1.807, 2.05) is 32.9 Å². The van der Waals surface area contributed by atoms with Crippen LogP contribution >= 0.6 is 11.8 Å². The zero-order valence-corrected chi connectivity index (χ0v) is 19.3. The zero-order valence-electron chi connectivity index (χ0n) is 17.7. The maximum absolute atomic E-state index is 13.0. The van der Waals surface area contributed by atoms with Crippen LogP contribution in [0.5, 0.6) is 0 Å². The average Bonchev–Trinajstić information content (AvgIpc) is 2.65. The second-order valence-corrected chi connectivity index (χ2v) is 11.5. The Labute approximate surface area is 181 Å². The summed E-state index contributed by atoms with van der Waals surface area (Å²) in [6, 6.07) is 8.67. The topological polar surface area (TPSA) is 92.3 Å². The van der Waals surface area contributed by atoms with Crippen molar-refractivity contribution < 1.29 is 18.0 Å². The lowest BCUT2D eigenvalue weighted by atomic mass is 10.0. The Kier molecular flexibility index (Phi) is 6.29. The van der Waals surface area contributed by atoms with Gasteiger partial charge in [-0.1, -0.05) is 17.7 Å². The van der Waals surface area contributed by atoms with E-state index in [1.54, 1.807) is 13.0 Å². The lowest BCUT2D eigenvalue weighted by molar-refractivity contribution is -0.116. The third-order valence-corrected chi connectivity index (χ3v) is 8.47. The van der Waals surface area contributed by atoms with Crippen molar-refractivity contribution in [1.82, 2.24) is 0 Å². The monoisotopic (exact) mass is 446 g/mol. The summed E-state index contributed by atoms with van der Waals surface area (Å²) in [7, 11) is -3.74. The Morgan fingerprint density at radius 3 is 2.43 bits per heavy atom. The smallest absolute Gasteiger partial charge is 0.237 e. The maximum atomic E-state index is 13.0. The molecule has 160 valence electrons. The third kappa shape index (κ3) is 4.54. The number of rotatable bonds is 5. The molecule has 0 spiro atoms. The van der Waals surface area contributed by atoms with E-state index in [-0.39, 0.29) is 28.4 Å². The minimum Gasteiger partial charge on any atom is -0.326 e. The molecule has 2 aromatic carbocycles. The Bertz CT molecular complexity index is 1100. The fraction of sp³-hybridized carbons (Fsp3) is 0.364. The van der Waals surface area contributed by atoms with E-state index in [4.69, 9.17) is 0 Å². The molecule has 8 heteroatoms. The molecule has 0 aromatic heterocycles. The highest BCUT2D eigenvalue weighted by Gasteiger charge is 2.29. The summed E-state index contributed by atoms with van der Waals surface area (Å²) in [5, 5.41) is 4.47. The number of hydrogen-bond acceptors (Lipinski definition) is 5. The van der Waals surface area contributed by atoms with Gasteiger partial charge in [0.25, 0.3) is 0 Å². The van der Waals surface area contributed by atoms with E-state index in [0.29, 0.717) is 5.69 Å². The highest BCUT2D eigenvalue weighted by atomic mass is 32.2. The summed E-state index contributed by atoms with van der Waals surface area (Å²) in [4.78, 5) is 25.4. The number of aryl methyl sites for hydroxylation is 3. The number of thioether (sulfide) groups is 1. The maximum Gasteiger partial charge on any atom is 0.237 e. The molecule has 2 N–H and O–H groups in total. The molecule has 0 saturated carbocycles. The van der Waals surface area contributed by atoms with E-state index >= 15 is 0 Å². The second kappa shape index (κ2) is 8.43. The number of amides is 2. The predicted octanol–water partition coefficient (Wildman–Crippen LogP) is 4.24. The van der Waals surface area contributed by atoms with Crippen molar-refractivity contribution in [2.75, 3.05) is 10.6 Å². The Hall–Kier alpha value is -2.32. The summed E-state index contributed by atoms with van der Waals surface area (Å²) in [5.74, 6) is -0.505. The van der Waals surface area contributed by atoms with Gasteiger partial charge in [0.1, 0.15) is 0 Å². The number of fused-ring (bicyclic) bond motifs is 1. The molecule has 2 amide bonds. The molecule has 1 aliphatic rings. The van der Waals surface area contributed by atoms with E-state index in [9.17, 15) is 18.0 Å². The van der Waals surface area contributed by atoms with E-state index in [0.717, 1.165) is 27.3 Å². The second-order valence-electron chi connectivity index (χ2n) is 7.79. The Morgan fingerprint density at radius 2 is 1.80 bits per heavy atom.